The van der Waals surface area contributed by atoms with Crippen molar-refractivity contribution in [2.75, 3.05) is 26.7 Å². The van der Waals surface area contributed by atoms with Crippen LogP contribution in [0.4, 0.5) is 0 Å². The van der Waals surface area contributed by atoms with Gasteiger partial charge < -0.3 is 20.1 Å². The fraction of sp³-hybridized carbons (Fsp3) is 0.533. The first-order valence-corrected chi connectivity index (χ1v) is 7.09. The van der Waals surface area contributed by atoms with Crippen LogP contribution in [0.2, 0.25) is 0 Å². The van der Waals surface area contributed by atoms with Crippen LogP contribution in [-0.2, 0) is 0 Å². The minimum Gasteiger partial charge on any atom is -0.507 e. The molecule has 20 heavy (non-hydrogen) atoms. The number of piperidine rings is 1. The third-order valence-electron chi connectivity index (χ3n) is 4.37. The number of phenols is 1. The van der Waals surface area contributed by atoms with E-state index in [1.54, 1.807) is 19.2 Å². The highest BCUT2D eigenvalue weighted by atomic mass is 16.5. The largest absolute Gasteiger partial charge is 0.507 e. The van der Waals surface area contributed by atoms with E-state index in [0.717, 1.165) is 26.1 Å². The van der Waals surface area contributed by atoms with Crippen LogP contribution < -0.4 is 10.1 Å². The molecule has 0 bridgehead atoms. The lowest BCUT2D eigenvalue weighted by Gasteiger charge is -2.37. The van der Waals surface area contributed by atoms with E-state index in [2.05, 4.69) is 5.32 Å². The predicted molar refractivity (Wildman–Crippen MR) is 75.1 cm³/mol. The smallest absolute Gasteiger partial charge is 0.258 e. The molecule has 5 heteroatoms. The number of fused-ring (bicyclic) bond motifs is 1. The monoisotopic (exact) mass is 276 g/mol. The van der Waals surface area contributed by atoms with Crippen LogP contribution in [0.3, 0.4) is 0 Å². The van der Waals surface area contributed by atoms with E-state index in [1.165, 1.54) is 12.5 Å². The lowest BCUT2D eigenvalue weighted by molar-refractivity contribution is 0.0571. The summed E-state index contributed by atoms with van der Waals surface area (Å²) in [6, 6.07) is 5.04. The van der Waals surface area contributed by atoms with Gasteiger partial charge in [0.2, 0.25) is 0 Å². The van der Waals surface area contributed by atoms with Crippen molar-refractivity contribution in [1.82, 2.24) is 10.2 Å². The molecule has 108 valence electrons. The van der Waals surface area contributed by atoms with Crippen LogP contribution in [0.1, 0.15) is 23.2 Å². The topological polar surface area (TPSA) is 61.8 Å². The maximum absolute atomic E-state index is 12.7. The summed E-state index contributed by atoms with van der Waals surface area (Å²) in [6.07, 6.45) is 2.20. The van der Waals surface area contributed by atoms with Crippen molar-refractivity contribution in [3.8, 4) is 11.5 Å². The molecule has 2 aliphatic heterocycles. The van der Waals surface area contributed by atoms with Crippen molar-refractivity contribution in [3.05, 3.63) is 23.8 Å². The number of amides is 1. The number of aromatic hydroxyl groups is 1. The van der Waals surface area contributed by atoms with Gasteiger partial charge in [-0.3, -0.25) is 4.79 Å². The Morgan fingerprint density at radius 3 is 3.10 bits per heavy atom. The van der Waals surface area contributed by atoms with Gasteiger partial charge in [-0.05, 0) is 37.0 Å². The molecule has 2 N–H and O–H groups in total. The predicted octanol–water partition coefficient (Wildman–Crippen LogP) is 1.22. The van der Waals surface area contributed by atoms with Crippen LogP contribution in [0, 0.1) is 5.92 Å². The number of nitrogens with one attached hydrogen (secondary N) is 1. The van der Waals surface area contributed by atoms with Crippen molar-refractivity contribution in [3.63, 3.8) is 0 Å². The van der Waals surface area contributed by atoms with E-state index < -0.39 is 0 Å². The number of hydrogen-bond acceptors (Lipinski definition) is 4. The quantitative estimate of drug-likeness (QED) is 0.853. The van der Waals surface area contributed by atoms with Gasteiger partial charge in [0.15, 0.2) is 0 Å². The molecule has 1 aromatic carbocycles. The Balaban J connectivity index is 1.88. The molecule has 2 atom stereocenters. The first-order valence-electron chi connectivity index (χ1n) is 7.09. The highest BCUT2D eigenvalue weighted by Crippen LogP contribution is 2.30. The standard InChI is InChI=1S/C15H20N2O3/c1-20-11-4-5-14(18)12(7-11)15(19)17-6-2-3-10-8-16-9-13(10)17/h4-5,7,10,13,16,18H,2-3,6,8-9H2,1H3. The van der Waals surface area contributed by atoms with Crippen molar-refractivity contribution in [1.29, 1.82) is 0 Å². The number of likely N-dealkylation sites (tertiary alicyclic amines) is 1. The van der Waals surface area contributed by atoms with Crippen molar-refractivity contribution in [2.45, 2.75) is 18.9 Å². The fourth-order valence-electron chi connectivity index (χ4n) is 3.29. The van der Waals surface area contributed by atoms with E-state index in [1.807, 2.05) is 4.90 Å². The number of carbonyl (C=O) groups is 1. The average molecular weight is 276 g/mol. The Morgan fingerprint density at radius 2 is 2.30 bits per heavy atom. The maximum Gasteiger partial charge on any atom is 0.258 e. The molecular formula is C15H20N2O3. The first-order chi connectivity index (χ1) is 9.70. The Kier molecular flexibility index (Phi) is 3.53. The fourth-order valence-corrected chi connectivity index (χ4v) is 3.29. The van der Waals surface area contributed by atoms with E-state index in [-0.39, 0.29) is 17.7 Å². The second-order valence-electron chi connectivity index (χ2n) is 5.51. The van der Waals surface area contributed by atoms with Gasteiger partial charge in [0.25, 0.3) is 5.91 Å². The van der Waals surface area contributed by atoms with Gasteiger partial charge in [-0.15, -0.1) is 0 Å². The molecule has 1 amide bonds. The van der Waals surface area contributed by atoms with Gasteiger partial charge in [0.1, 0.15) is 11.5 Å². The Hall–Kier alpha value is -1.75. The van der Waals surface area contributed by atoms with Gasteiger partial charge in [-0.25, -0.2) is 0 Å². The lowest BCUT2D eigenvalue weighted by Crippen LogP contribution is -2.48. The normalized spacial score (nSPS) is 25.4. The first kappa shape index (κ1) is 13.2. The summed E-state index contributed by atoms with van der Waals surface area (Å²) in [5, 5.41) is 13.3. The zero-order valence-corrected chi connectivity index (χ0v) is 11.6. The summed E-state index contributed by atoms with van der Waals surface area (Å²) in [6.45, 7) is 2.60. The Morgan fingerprint density at radius 1 is 1.45 bits per heavy atom. The molecular weight excluding hydrogens is 256 g/mol. The molecule has 0 aliphatic carbocycles. The molecule has 2 saturated heterocycles. The van der Waals surface area contributed by atoms with Gasteiger partial charge in [0.05, 0.1) is 12.7 Å². The average Bonchev–Trinajstić information content (AvgIpc) is 2.95. The molecule has 0 radical (unpaired) electrons. The van der Waals surface area contributed by atoms with Crippen LogP contribution in [-0.4, -0.2) is 48.7 Å². The Labute approximate surface area is 118 Å². The van der Waals surface area contributed by atoms with Gasteiger partial charge >= 0.3 is 0 Å². The third kappa shape index (κ3) is 2.22. The van der Waals surface area contributed by atoms with Crippen molar-refractivity contribution >= 4 is 5.91 Å². The number of nitrogens with zero attached hydrogens (tertiary/aromatic N) is 1. The van der Waals surface area contributed by atoms with Crippen molar-refractivity contribution < 1.29 is 14.6 Å². The van der Waals surface area contributed by atoms with Crippen LogP contribution in [0.5, 0.6) is 11.5 Å². The number of hydrogen-bond donors (Lipinski definition) is 2. The van der Waals surface area contributed by atoms with Gasteiger partial charge in [0, 0.05) is 25.7 Å². The molecule has 0 aromatic heterocycles. The summed E-state index contributed by atoms with van der Waals surface area (Å²) >= 11 is 0. The summed E-state index contributed by atoms with van der Waals surface area (Å²) in [7, 11) is 1.55. The summed E-state index contributed by atoms with van der Waals surface area (Å²) in [5.41, 5.74) is 0.330. The molecule has 2 heterocycles. The molecule has 3 rings (SSSR count). The van der Waals surface area contributed by atoms with Crippen LogP contribution in [0.15, 0.2) is 18.2 Å². The minimum absolute atomic E-state index is 0.0175. The van der Waals surface area contributed by atoms with Crippen molar-refractivity contribution in [2.24, 2.45) is 5.92 Å². The molecule has 5 nitrogen and oxygen atoms in total. The van der Waals surface area contributed by atoms with E-state index in [4.69, 9.17) is 4.74 Å². The van der Waals surface area contributed by atoms with Crippen LogP contribution >= 0.6 is 0 Å². The maximum atomic E-state index is 12.7. The number of phenolic OH excluding ortho intramolecular Hbond substituents is 1. The van der Waals surface area contributed by atoms with Gasteiger partial charge in [-0.2, -0.15) is 0 Å². The number of benzene rings is 1. The molecule has 1 aromatic rings. The second-order valence-corrected chi connectivity index (χ2v) is 5.51. The van der Waals surface area contributed by atoms with E-state index in [0.29, 0.717) is 17.2 Å². The highest BCUT2D eigenvalue weighted by molar-refractivity contribution is 5.97. The minimum atomic E-state index is -0.0974. The molecule has 2 fully saturated rings. The van der Waals surface area contributed by atoms with E-state index >= 15 is 0 Å². The summed E-state index contributed by atoms with van der Waals surface area (Å²) < 4.78 is 5.14. The number of carbonyl (C=O) groups excluding carboxylic acids is 1. The number of rotatable bonds is 2. The van der Waals surface area contributed by atoms with Crippen LogP contribution in [0.25, 0.3) is 0 Å². The molecule has 2 unspecified atom stereocenters. The highest BCUT2D eigenvalue weighted by Gasteiger charge is 2.38. The van der Waals surface area contributed by atoms with E-state index in [9.17, 15) is 9.90 Å². The second kappa shape index (κ2) is 5.32. The zero-order valence-electron chi connectivity index (χ0n) is 11.6. The lowest BCUT2D eigenvalue weighted by atomic mass is 9.91. The summed E-state index contributed by atoms with van der Waals surface area (Å²) in [5.74, 6) is 1.05. The molecule has 0 spiro atoms. The third-order valence-corrected chi connectivity index (χ3v) is 4.37. The SMILES string of the molecule is COc1ccc(O)c(C(=O)N2CCCC3CNCC32)c1. The Bertz CT molecular complexity index is 518. The number of methoxy groups -OCH3 is 1. The number of ether oxygens (including phenoxy) is 1. The summed E-state index contributed by atoms with van der Waals surface area (Å²) in [4.78, 5) is 14.6. The zero-order chi connectivity index (χ0) is 14.1. The van der Waals surface area contributed by atoms with Gasteiger partial charge in [-0.1, -0.05) is 0 Å². The molecule has 0 saturated carbocycles. The molecule has 2 aliphatic rings.